The van der Waals surface area contributed by atoms with Crippen LogP contribution in [0.15, 0.2) is 27.9 Å². The van der Waals surface area contributed by atoms with Gasteiger partial charge >= 0.3 is 174 Å². The van der Waals surface area contributed by atoms with Crippen LogP contribution in [0.5, 0.6) is 0 Å². The quantitative estimate of drug-likeness (QED) is 0.144. The number of ether oxygens (including phenoxy) is 1. The van der Waals surface area contributed by atoms with Crippen LogP contribution in [0.4, 0.5) is 0 Å². The Hall–Kier alpha value is 0.0587. The molecule has 0 N–H and O–H groups in total. The number of aliphatic imine (C=N–C) groups is 1. The number of nitrogens with zero attached hydrogens (tertiary/aromatic N) is 2. The zero-order valence-corrected chi connectivity index (χ0v) is 21.4. The Morgan fingerprint density at radius 1 is 1.04 bits per heavy atom. The van der Waals surface area contributed by atoms with Crippen LogP contribution in [-0.2, 0) is 4.74 Å². The summed E-state index contributed by atoms with van der Waals surface area (Å²) in [6.07, 6.45) is 13.7. The van der Waals surface area contributed by atoms with Crippen molar-refractivity contribution >= 4 is 40.5 Å². The number of pyridine rings is 1. The van der Waals surface area contributed by atoms with Crippen molar-refractivity contribution in [3.63, 3.8) is 0 Å². The van der Waals surface area contributed by atoms with Crippen LogP contribution in [0, 0.1) is 0 Å². The SMILES string of the molecule is CCC[CH2][Sn]([CH2]CCC)([CH2]CCC)[CH2]OCCN=Cc1cncc(Br)c1. The molecule has 1 rings (SSSR count). The molecule has 0 fully saturated rings. The van der Waals surface area contributed by atoms with E-state index in [-0.39, 0.29) is 0 Å². The van der Waals surface area contributed by atoms with E-state index < -0.39 is 18.4 Å². The Balaban J connectivity index is 2.47. The van der Waals surface area contributed by atoms with Crippen molar-refractivity contribution in [2.45, 2.75) is 72.6 Å². The Labute approximate surface area is 173 Å². The van der Waals surface area contributed by atoms with Crippen molar-refractivity contribution in [2.24, 2.45) is 4.99 Å². The van der Waals surface area contributed by atoms with Gasteiger partial charge in [0.1, 0.15) is 0 Å². The molecule has 0 aromatic carbocycles. The first-order valence-corrected chi connectivity index (χ1v) is 19.2. The van der Waals surface area contributed by atoms with Gasteiger partial charge in [-0.25, -0.2) is 0 Å². The van der Waals surface area contributed by atoms with Gasteiger partial charge in [0.05, 0.1) is 0 Å². The normalized spacial score (nSPS) is 12.2. The Morgan fingerprint density at radius 3 is 2.19 bits per heavy atom. The summed E-state index contributed by atoms with van der Waals surface area (Å²) in [6.45, 7) is 8.46. The second-order valence-electron chi connectivity index (χ2n) is 7.34. The molecule has 0 bridgehead atoms. The number of aromatic nitrogens is 1. The molecule has 3 nitrogen and oxygen atoms in total. The summed E-state index contributed by atoms with van der Waals surface area (Å²) in [5.74, 6) is 0. The molecule has 0 saturated heterocycles. The molecule has 1 aromatic rings. The minimum atomic E-state index is -2.13. The van der Waals surface area contributed by atoms with Crippen molar-refractivity contribution in [2.75, 3.05) is 17.8 Å². The zero-order valence-electron chi connectivity index (χ0n) is 17.0. The van der Waals surface area contributed by atoms with E-state index in [1.165, 1.54) is 51.8 Å². The summed E-state index contributed by atoms with van der Waals surface area (Å²) >= 11 is 1.31. The molecule has 0 unspecified atom stereocenters. The molecule has 1 heterocycles. The van der Waals surface area contributed by atoms with Crippen LogP contribution >= 0.6 is 15.9 Å². The van der Waals surface area contributed by atoms with Gasteiger partial charge in [-0.3, -0.25) is 0 Å². The van der Waals surface area contributed by atoms with Gasteiger partial charge < -0.3 is 0 Å². The summed E-state index contributed by atoms with van der Waals surface area (Å²) < 4.78 is 12.8. The van der Waals surface area contributed by atoms with Gasteiger partial charge in [-0.05, 0) is 0 Å². The molecule has 0 radical (unpaired) electrons. The number of hydrogen-bond acceptors (Lipinski definition) is 3. The molecule has 0 atom stereocenters. The molecular weight excluding hydrogens is 495 g/mol. The molecule has 0 spiro atoms. The monoisotopic (exact) mass is 532 g/mol. The van der Waals surface area contributed by atoms with Gasteiger partial charge in [-0.1, -0.05) is 0 Å². The molecule has 0 amide bonds. The predicted octanol–water partition coefficient (Wildman–Crippen LogP) is 6.67. The van der Waals surface area contributed by atoms with Crippen molar-refractivity contribution in [3.05, 3.63) is 28.5 Å². The Morgan fingerprint density at radius 2 is 1.65 bits per heavy atom. The summed E-state index contributed by atoms with van der Waals surface area (Å²) in [7, 11) is 0. The molecular formula is C21H37BrN2OSn. The van der Waals surface area contributed by atoms with E-state index in [1.807, 2.05) is 18.5 Å². The average Bonchev–Trinajstić information content (AvgIpc) is 2.65. The summed E-state index contributed by atoms with van der Waals surface area (Å²) in [6, 6.07) is 2.03. The van der Waals surface area contributed by atoms with Crippen LogP contribution in [0.3, 0.4) is 0 Å². The van der Waals surface area contributed by atoms with Crippen LogP contribution < -0.4 is 0 Å². The van der Waals surface area contributed by atoms with Crippen LogP contribution in [0.2, 0.25) is 13.3 Å². The number of hydrogen-bond donors (Lipinski definition) is 0. The average molecular weight is 532 g/mol. The third kappa shape index (κ3) is 10.4. The number of unbranched alkanes of at least 4 members (excludes halogenated alkanes) is 3. The standard InChI is InChI=1S/C9H10BrN2O.3C4H9.Sn/c1-13-3-2-11-5-8-4-9(10)7-12-6-8;3*1-3-4-2;/h4-7H,1-3H2;3*1,3-4H2,2H3;. The first-order valence-electron chi connectivity index (χ1n) is 10.3. The van der Waals surface area contributed by atoms with Gasteiger partial charge in [-0.15, -0.1) is 0 Å². The summed E-state index contributed by atoms with van der Waals surface area (Å²) in [4.78, 5) is 8.66. The second-order valence-corrected chi connectivity index (χ2v) is 21.9. The molecule has 5 heteroatoms. The molecule has 0 aliphatic heterocycles. The van der Waals surface area contributed by atoms with Gasteiger partial charge in [0.15, 0.2) is 0 Å². The van der Waals surface area contributed by atoms with E-state index >= 15 is 0 Å². The molecule has 148 valence electrons. The van der Waals surface area contributed by atoms with Crippen LogP contribution in [0.25, 0.3) is 0 Å². The maximum atomic E-state index is 6.21. The van der Waals surface area contributed by atoms with E-state index in [0.717, 1.165) is 27.8 Å². The minimum absolute atomic E-state index is 0.740. The molecule has 26 heavy (non-hydrogen) atoms. The molecule has 0 saturated carbocycles. The molecule has 0 aliphatic rings. The fraction of sp³-hybridized carbons (Fsp3) is 0.714. The van der Waals surface area contributed by atoms with Crippen molar-refractivity contribution in [3.8, 4) is 0 Å². The summed E-state index contributed by atoms with van der Waals surface area (Å²) in [5.41, 5.74) is 1.03. The van der Waals surface area contributed by atoms with E-state index in [4.69, 9.17) is 4.74 Å². The fourth-order valence-electron chi connectivity index (χ4n) is 3.32. The zero-order chi connectivity index (χ0) is 19.1. The van der Waals surface area contributed by atoms with E-state index in [0.29, 0.717) is 0 Å². The summed E-state index contributed by atoms with van der Waals surface area (Å²) in [5, 5.41) is 0. The topological polar surface area (TPSA) is 34.5 Å². The van der Waals surface area contributed by atoms with Crippen molar-refractivity contribution < 1.29 is 4.74 Å². The van der Waals surface area contributed by atoms with Gasteiger partial charge in [0.2, 0.25) is 0 Å². The first-order chi connectivity index (χ1) is 12.7. The van der Waals surface area contributed by atoms with E-state index in [2.05, 4.69) is 46.7 Å². The first kappa shape index (κ1) is 24.1. The van der Waals surface area contributed by atoms with Crippen molar-refractivity contribution in [1.82, 2.24) is 4.98 Å². The van der Waals surface area contributed by atoms with Gasteiger partial charge in [0.25, 0.3) is 0 Å². The number of halogens is 1. The molecule has 1 aromatic heterocycles. The van der Waals surface area contributed by atoms with Crippen LogP contribution in [0.1, 0.15) is 64.9 Å². The van der Waals surface area contributed by atoms with Gasteiger partial charge in [0, 0.05) is 0 Å². The van der Waals surface area contributed by atoms with Gasteiger partial charge in [-0.2, -0.15) is 0 Å². The Bertz CT molecular complexity index is 489. The Kier molecular flexibility index (Phi) is 13.9. The second kappa shape index (κ2) is 15.0. The third-order valence-corrected chi connectivity index (χ3v) is 19.8. The van der Waals surface area contributed by atoms with E-state index in [9.17, 15) is 0 Å². The third-order valence-electron chi connectivity index (χ3n) is 4.92. The molecule has 0 aliphatic carbocycles. The van der Waals surface area contributed by atoms with Crippen LogP contribution in [-0.4, -0.2) is 47.3 Å². The fourth-order valence-corrected chi connectivity index (χ4v) is 18.2. The van der Waals surface area contributed by atoms with E-state index in [1.54, 1.807) is 6.20 Å². The predicted molar refractivity (Wildman–Crippen MR) is 120 cm³/mol. The number of rotatable bonds is 15. The van der Waals surface area contributed by atoms with Crippen molar-refractivity contribution in [1.29, 1.82) is 0 Å². The maximum absolute atomic E-state index is 6.21.